The zero-order chi connectivity index (χ0) is 33.3. The molecule has 0 aliphatic carbocycles. The number of anilines is 1. The standard InChI is InChI=1S/C39H44N3O3Si/c1-27(22-23-40-36(44)21-19-31-18-20-35(41-25-31)42-30(4)43)37-29(3)38(39(5,6)7)28(2)24-32(37)26-45-46(33-14-10-8-11-15-33)34-16-12-9-13-17-34/h8-22,24-25H,23,26H2,1-7H3,(H,40,44)(H,41,42,43). The third-order valence-corrected chi connectivity index (χ3v) is 9.80. The second kappa shape index (κ2) is 15.6. The quantitative estimate of drug-likeness (QED) is 0.146. The predicted molar refractivity (Wildman–Crippen MR) is 192 cm³/mol. The summed E-state index contributed by atoms with van der Waals surface area (Å²) in [6.45, 7) is 15.6. The van der Waals surface area contributed by atoms with E-state index >= 15 is 0 Å². The van der Waals surface area contributed by atoms with Crippen molar-refractivity contribution in [2.24, 2.45) is 0 Å². The van der Waals surface area contributed by atoms with Crippen LogP contribution in [-0.2, 0) is 26.0 Å². The summed E-state index contributed by atoms with van der Waals surface area (Å²) in [5.74, 6) is 0.0870. The van der Waals surface area contributed by atoms with Crippen LogP contribution in [-0.4, -0.2) is 32.4 Å². The molecule has 0 unspecified atom stereocenters. The summed E-state index contributed by atoms with van der Waals surface area (Å²) in [4.78, 5) is 28.0. The van der Waals surface area contributed by atoms with Crippen LogP contribution >= 0.6 is 0 Å². The van der Waals surface area contributed by atoms with Crippen LogP contribution in [0.15, 0.2) is 97.2 Å². The molecule has 0 aliphatic heterocycles. The monoisotopic (exact) mass is 630 g/mol. The second-order valence-corrected chi connectivity index (χ2v) is 14.6. The van der Waals surface area contributed by atoms with Crippen LogP contribution in [0.2, 0.25) is 0 Å². The maximum Gasteiger partial charge on any atom is 0.283 e. The number of hydrogen-bond donors (Lipinski definition) is 2. The maximum absolute atomic E-state index is 12.6. The van der Waals surface area contributed by atoms with Crippen molar-refractivity contribution in [1.29, 1.82) is 0 Å². The number of hydrogen-bond acceptors (Lipinski definition) is 4. The number of amides is 2. The fraction of sp³-hybridized carbons (Fsp3) is 0.256. The van der Waals surface area contributed by atoms with Crippen LogP contribution in [0, 0.1) is 13.8 Å². The highest BCUT2D eigenvalue weighted by molar-refractivity contribution is 6.80. The van der Waals surface area contributed by atoms with Gasteiger partial charge in [-0.2, -0.15) is 0 Å². The fourth-order valence-electron chi connectivity index (χ4n) is 5.94. The minimum Gasteiger partial charge on any atom is -0.403 e. The minimum absolute atomic E-state index is 0.0280. The highest BCUT2D eigenvalue weighted by atomic mass is 28.3. The Morgan fingerprint density at radius 1 is 0.913 bits per heavy atom. The van der Waals surface area contributed by atoms with Gasteiger partial charge in [0.2, 0.25) is 11.8 Å². The first-order valence-electron chi connectivity index (χ1n) is 15.5. The Balaban J connectivity index is 1.56. The number of nitrogens with one attached hydrogen (secondary N) is 2. The van der Waals surface area contributed by atoms with Crippen LogP contribution in [0.3, 0.4) is 0 Å². The molecule has 1 heterocycles. The van der Waals surface area contributed by atoms with Gasteiger partial charge in [0.15, 0.2) is 0 Å². The van der Waals surface area contributed by atoms with Crippen molar-refractivity contribution >= 4 is 48.7 Å². The van der Waals surface area contributed by atoms with E-state index in [1.807, 2.05) is 12.1 Å². The van der Waals surface area contributed by atoms with Gasteiger partial charge in [0.05, 0.1) is 6.61 Å². The summed E-state index contributed by atoms with van der Waals surface area (Å²) in [6, 6.07) is 26.8. The van der Waals surface area contributed by atoms with Crippen molar-refractivity contribution in [1.82, 2.24) is 10.3 Å². The molecule has 0 aliphatic rings. The highest BCUT2D eigenvalue weighted by Gasteiger charge is 2.25. The molecule has 7 heteroatoms. The van der Waals surface area contributed by atoms with Gasteiger partial charge < -0.3 is 15.1 Å². The summed E-state index contributed by atoms with van der Waals surface area (Å²) in [7, 11) is -1.47. The molecule has 0 bridgehead atoms. The number of pyridine rings is 1. The van der Waals surface area contributed by atoms with Gasteiger partial charge in [0.25, 0.3) is 9.04 Å². The number of allylic oxidation sites excluding steroid dienone is 1. The van der Waals surface area contributed by atoms with E-state index < -0.39 is 9.04 Å². The Labute approximate surface area is 275 Å². The van der Waals surface area contributed by atoms with Crippen LogP contribution in [0.5, 0.6) is 0 Å². The van der Waals surface area contributed by atoms with Crippen molar-refractivity contribution in [3.63, 3.8) is 0 Å². The molecule has 0 saturated carbocycles. The lowest BCUT2D eigenvalue weighted by Crippen LogP contribution is -2.44. The molecule has 0 spiro atoms. The topological polar surface area (TPSA) is 80.3 Å². The van der Waals surface area contributed by atoms with Crippen molar-refractivity contribution in [3.05, 3.63) is 131 Å². The van der Waals surface area contributed by atoms with Gasteiger partial charge in [-0.25, -0.2) is 4.98 Å². The number of aryl methyl sites for hydroxylation is 1. The smallest absolute Gasteiger partial charge is 0.283 e. The number of nitrogens with zero attached hydrogens (tertiary/aromatic N) is 1. The molecule has 46 heavy (non-hydrogen) atoms. The molecule has 3 aromatic carbocycles. The molecule has 2 amide bonds. The zero-order valence-electron chi connectivity index (χ0n) is 27.9. The minimum atomic E-state index is -1.47. The molecule has 0 fully saturated rings. The number of carbonyl (C=O) groups is 2. The van der Waals surface area contributed by atoms with Crippen molar-refractivity contribution in [3.8, 4) is 0 Å². The molecular formula is C39H44N3O3Si. The molecule has 237 valence electrons. The van der Waals surface area contributed by atoms with E-state index in [4.69, 9.17) is 4.43 Å². The van der Waals surface area contributed by atoms with Crippen molar-refractivity contribution in [2.75, 3.05) is 11.9 Å². The van der Waals surface area contributed by atoms with E-state index in [0.29, 0.717) is 19.0 Å². The SMILES string of the molecule is CC(=O)Nc1ccc(C=CC(=O)NCC=C(C)c2c(CO[Si](c3ccccc3)c3ccccc3)cc(C)c(C(C)(C)C)c2C)cn1. The normalized spacial score (nSPS) is 12.0. The van der Waals surface area contributed by atoms with E-state index in [1.54, 1.807) is 24.4 Å². The first-order chi connectivity index (χ1) is 21.9. The molecule has 0 atom stereocenters. The Hall–Kier alpha value is -4.59. The lowest BCUT2D eigenvalue weighted by molar-refractivity contribution is -0.116. The number of carbonyl (C=O) groups excluding carboxylic acids is 2. The van der Waals surface area contributed by atoms with Gasteiger partial charge in [-0.1, -0.05) is 93.6 Å². The average Bonchev–Trinajstić information content (AvgIpc) is 3.00. The van der Waals surface area contributed by atoms with Crippen molar-refractivity contribution in [2.45, 2.75) is 60.5 Å². The van der Waals surface area contributed by atoms with Gasteiger partial charge in [-0.15, -0.1) is 0 Å². The number of rotatable bonds is 11. The largest absolute Gasteiger partial charge is 0.403 e. The third kappa shape index (κ3) is 9.22. The maximum atomic E-state index is 12.6. The Morgan fingerprint density at radius 2 is 1.54 bits per heavy atom. The Morgan fingerprint density at radius 3 is 2.09 bits per heavy atom. The first-order valence-corrected chi connectivity index (χ1v) is 17.0. The first kappa shape index (κ1) is 34.3. The van der Waals surface area contributed by atoms with Gasteiger partial charge >= 0.3 is 0 Å². The van der Waals surface area contributed by atoms with Crippen molar-refractivity contribution < 1.29 is 14.0 Å². The van der Waals surface area contributed by atoms with E-state index in [0.717, 1.165) is 16.7 Å². The summed E-state index contributed by atoms with van der Waals surface area (Å²) in [6.07, 6.45) is 6.87. The molecule has 2 N–H and O–H groups in total. The fourth-order valence-corrected chi connectivity index (χ4v) is 7.90. The van der Waals surface area contributed by atoms with E-state index in [-0.39, 0.29) is 17.2 Å². The summed E-state index contributed by atoms with van der Waals surface area (Å²) < 4.78 is 6.84. The highest BCUT2D eigenvalue weighted by Crippen LogP contribution is 2.36. The number of benzene rings is 3. The predicted octanol–water partition coefficient (Wildman–Crippen LogP) is 6.51. The van der Waals surface area contributed by atoms with E-state index in [1.165, 1.54) is 45.6 Å². The van der Waals surface area contributed by atoms with Gasteiger partial charge in [-0.05, 0) is 93.7 Å². The Kier molecular flexibility index (Phi) is 11.6. The van der Waals surface area contributed by atoms with E-state index in [9.17, 15) is 9.59 Å². The third-order valence-electron chi connectivity index (χ3n) is 7.65. The van der Waals surface area contributed by atoms with Crippen LogP contribution in [0.1, 0.15) is 68.0 Å². The summed E-state index contributed by atoms with van der Waals surface area (Å²) in [5.41, 5.74) is 7.98. The molecular weight excluding hydrogens is 587 g/mol. The second-order valence-electron chi connectivity index (χ2n) is 12.5. The van der Waals surface area contributed by atoms with Crippen LogP contribution in [0.25, 0.3) is 11.6 Å². The van der Waals surface area contributed by atoms with Gasteiger partial charge in [0, 0.05) is 25.7 Å². The molecule has 4 rings (SSSR count). The van der Waals surface area contributed by atoms with E-state index in [2.05, 4.69) is 118 Å². The molecule has 1 aromatic heterocycles. The summed E-state index contributed by atoms with van der Waals surface area (Å²) >= 11 is 0. The van der Waals surface area contributed by atoms with Crippen LogP contribution in [0.4, 0.5) is 5.82 Å². The molecule has 0 saturated heterocycles. The summed E-state index contributed by atoms with van der Waals surface area (Å²) in [5, 5.41) is 8.03. The number of aromatic nitrogens is 1. The lowest BCUT2D eigenvalue weighted by Gasteiger charge is -2.29. The molecule has 6 nitrogen and oxygen atoms in total. The average molecular weight is 631 g/mol. The molecule has 1 radical (unpaired) electrons. The van der Waals surface area contributed by atoms with Crippen LogP contribution < -0.4 is 21.0 Å². The molecule has 4 aromatic rings. The van der Waals surface area contributed by atoms with Gasteiger partial charge in [0.1, 0.15) is 5.82 Å². The lowest BCUT2D eigenvalue weighted by atomic mass is 9.77. The zero-order valence-corrected chi connectivity index (χ0v) is 28.9. The van der Waals surface area contributed by atoms with Gasteiger partial charge in [-0.3, -0.25) is 9.59 Å². The Bertz CT molecular complexity index is 1670.